The highest BCUT2D eigenvalue weighted by Crippen LogP contribution is 2.34. The van der Waals surface area contributed by atoms with Gasteiger partial charge in [-0.1, -0.05) is 38.1 Å². The van der Waals surface area contributed by atoms with E-state index in [-0.39, 0.29) is 12.1 Å². The van der Waals surface area contributed by atoms with Crippen LogP contribution < -0.4 is 10.9 Å². The number of rotatable bonds is 5. The summed E-state index contributed by atoms with van der Waals surface area (Å²) in [5.74, 6) is 3.17. The average molecular weight is 364 g/mol. The second-order valence-corrected chi connectivity index (χ2v) is 7.27. The summed E-state index contributed by atoms with van der Waals surface area (Å²) in [5.41, 5.74) is 7.47. The van der Waals surface area contributed by atoms with Crippen LogP contribution in [0.4, 0.5) is 0 Å². The van der Waals surface area contributed by atoms with Gasteiger partial charge in [-0.05, 0) is 30.5 Å². The molecule has 27 heavy (non-hydrogen) atoms. The van der Waals surface area contributed by atoms with Gasteiger partial charge in [-0.15, -0.1) is 5.10 Å². The van der Waals surface area contributed by atoms with Crippen molar-refractivity contribution in [1.82, 2.24) is 30.6 Å². The van der Waals surface area contributed by atoms with E-state index in [0.717, 1.165) is 35.9 Å². The molecule has 1 aliphatic heterocycles. The van der Waals surface area contributed by atoms with Gasteiger partial charge in [-0.3, -0.25) is 0 Å². The predicted octanol–water partition coefficient (Wildman–Crippen LogP) is 2.85. The molecule has 0 saturated carbocycles. The molecule has 1 aromatic carbocycles. The van der Waals surface area contributed by atoms with E-state index in [1.54, 1.807) is 12.3 Å². The summed E-state index contributed by atoms with van der Waals surface area (Å²) in [5, 5.41) is 14.9. The van der Waals surface area contributed by atoms with Crippen LogP contribution in [0.1, 0.15) is 49.6 Å². The fourth-order valence-electron chi connectivity index (χ4n) is 3.40. The molecule has 0 spiro atoms. The van der Waals surface area contributed by atoms with Crippen molar-refractivity contribution in [1.29, 1.82) is 0 Å². The van der Waals surface area contributed by atoms with Crippen molar-refractivity contribution in [2.45, 2.75) is 38.8 Å². The molecule has 140 valence electrons. The molecule has 0 aliphatic carbocycles. The van der Waals surface area contributed by atoms with Crippen molar-refractivity contribution < 1.29 is 5.11 Å². The van der Waals surface area contributed by atoms with Gasteiger partial charge in [0.1, 0.15) is 5.75 Å². The van der Waals surface area contributed by atoms with Gasteiger partial charge in [0.15, 0.2) is 17.5 Å². The molecule has 7 heteroatoms. The normalized spacial score (nSPS) is 19.7. The van der Waals surface area contributed by atoms with Gasteiger partial charge < -0.3 is 5.11 Å². The lowest BCUT2D eigenvalue weighted by atomic mass is 10.0. The molecule has 3 heterocycles. The number of hydrazine groups is 1. The molecule has 2 atom stereocenters. The van der Waals surface area contributed by atoms with E-state index in [1.807, 2.05) is 41.1 Å². The van der Waals surface area contributed by atoms with Gasteiger partial charge in [0.2, 0.25) is 0 Å². The third-order valence-corrected chi connectivity index (χ3v) is 4.66. The van der Waals surface area contributed by atoms with Crippen molar-refractivity contribution in [3.63, 3.8) is 0 Å². The number of nitrogens with zero attached hydrogens (tertiary/aromatic N) is 4. The number of aromatic nitrogens is 4. The minimum atomic E-state index is -0.0370. The van der Waals surface area contributed by atoms with Gasteiger partial charge in [0.25, 0.3) is 0 Å². The molecule has 4 rings (SSSR count). The smallest absolute Gasteiger partial charge is 0.155 e. The molecular formula is C20H24N6O. The molecule has 3 aromatic rings. The standard InChI is InChI=1S/C20H24N6O/c1-13(2)11-18-22-20(26(25-18)19-9-5-6-10-21-19)16-12-15(23-24-16)14-7-3-4-8-17(14)27/h3-10,13,15-16,23-24,27H,11-12H2,1-2H3. The minimum Gasteiger partial charge on any atom is -0.508 e. The lowest BCUT2D eigenvalue weighted by molar-refractivity contribution is 0.453. The molecule has 1 aliphatic rings. The highest BCUT2D eigenvalue weighted by atomic mass is 16.3. The molecule has 2 aromatic heterocycles. The van der Waals surface area contributed by atoms with E-state index in [4.69, 9.17) is 10.1 Å². The number of pyridine rings is 1. The maximum absolute atomic E-state index is 10.2. The quantitative estimate of drug-likeness (QED) is 0.645. The Morgan fingerprint density at radius 1 is 1.11 bits per heavy atom. The number of hydrogen-bond acceptors (Lipinski definition) is 6. The van der Waals surface area contributed by atoms with Crippen LogP contribution in [0.3, 0.4) is 0 Å². The first-order chi connectivity index (χ1) is 13.1. The van der Waals surface area contributed by atoms with Crippen LogP contribution in [0.5, 0.6) is 5.75 Å². The Morgan fingerprint density at radius 2 is 1.89 bits per heavy atom. The maximum atomic E-state index is 10.2. The number of phenolic OH excluding ortho intramolecular Hbond substituents is 1. The van der Waals surface area contributed by atoms with Crippen molar-refractivity contribution in [2.75, 3.05) is 0 Å². The summed E-state index contributed by atoms with van der Waals surface area (Å²) in [4.78, 5) is 9.24. The number of benzene rings is 1. The average Bonchev–Trinajstić information content (AvgIpc) is 3.29. The van der Waals surface area contributed by atoms with E-state index in [2.05, 4.69) is 29.7 Å². The molecule has 3 N–H and O–H groups in total. The highest BCUT2D eigenvalue weighted by Gasteiger charge is 2.32. The maximum Gasteiger partial charge on any atom is 0.155 e. The van der Waals surface area contributed by atoms with Gasteiger partial charge in [-0.2, -0.15) is 4.68 Å². The van der Waals surface area contributed by atoms with E-state index in [9.17, 15) is 5.11 Å². The van der Waals surface area contributed by atoms with Crippen LogP contribution >= 0.6 is 0 Å². The predicted molar refractivity (Wildman–Crippen MR) is 102 cm³/mol. The number of aromatic hydroxyl groups is 1. The van der Waals surface area contributed by atoms with Crippen LogP contribution in [0, 0.1) is 5.92 Å². The lowest BCUT2D eigenvalue weighted by Gasteiger charge is -2.11. The zero-order valence-corrected chi connectivity index (χ0v) is 15.5. The summed E-state index contributed by atoms with van der Waals surface area (Å²) in [6.07, 6.45) is 3.33. The summed E-state index contributed by atoms with van der Waals surface area (Å²) < 4.78 is 1.82. The third-order valence-electron chi connectivity index (χ3n) is 4.66. The van der Waals surface area contributed by atoms with E-state index < -0.39 is 0 Å². The molecule has 7 nitrogen and oxygen atoms in total. The zero-order chi connectivity index (χ0) is 18.8. The lowest BCUT2D eigenvalue weighted by Crippen LogP contribution is -2.28. The van der Waals surface area contributed by atoms with Crippen LogP contribution in [-0.2, 0) is 6.42 Å². The summed E-state index contributed by atoms with van der Waals surface area (Å²) in [6, 6.07) is 13.1. The molecule has 0 bridgehead atoms. The Bertz CT molecular complexity index is 908. The number of nitrogens with one attached hydrogen (secondary N) is 2. The highest BCUT2D eigenvalue weighted by molar-refractivity contribution is 5.35. The van der Waals surface area contributed by atoms with Crippen molar-refractivity contribution in [3.8, 4) is 11.6 Å². The largest absolute Gasteiger partial charge is 0.508 e. The molecule has 2 unspecified atom stereocenters. The molecule has 1 saturated heterocycles. The first-order valence-electron chi connectivity index (χ1n) is 9.28. The van der Waals surface area contributed by atoms with Crippen LogP contribution in [0.2, 0.25) is 0 Å². The van der Waals surface area contributed by atoms with Crippen LogP contribution in [-0.4, -0.2) is 24.9 Å². The first kappa shape index (κ1) is 17.6. The second kappa shape index (κ2) is 7.46. The fourth-order valence-corrected chi connectivity index (χ4v) is 3.40. The molecule has 0 amide bonds. The number of hydrogen-bond donors (Lipinski definition) is 3. The first-order valence-corrected chi connectivity index (χ1v) is 9.28. The minimum absolute atomic E-state index is 0.00127. The SMILES string of the molecule is CC(C)Cc1nc(C2CC(c3ccccc3O)NN2)n(-c2ccccn2)n1. The molecular weight excluding hydrogens is 340 g/mol. The summed E-state index contributed by atoms with van der Waals surface area (Å²) >= 11 is 0. The Balaban J connectivity index is 1.65. The van der Waals surface area contributed by atoms with Crippen molar-refractivity contribution in [3.05, 3.63) is 65.9 Å². The fraction of sp³-hybridized carbons (Fsp3) is 0.350. The second-order valence-electron chi connectivity index (χ2n) is 7.27. The van der Waals surface area contributed by atoms with Gasteiger partial charge in [-0.25, -0.2) is 20.8 Å². The Morgan fingerprint density at radius 3 is 2.63 bits per heavy atom. The van der Waals surface area contributed by atoms with Gasteiger partial charge in [0, 0.05) is 18.2 Å². The number of phenols is 1. The van der Waals surface area contributed by atoms with Crippen LogP contribution in [0.15, 0.2) is 48.7 Å². The molecule has 0 radical (unpaired) electrons. The van der Waals surface area contributed by atoms with E-state index in [1.165, 1.54) is 0 Å². The summed E-state index contributed by atoms with van der Waals surface area (Å²) in [6.45, 7) is 4.31. The van der Waals surface area contributed by atoms with Gasteiger partial charge in [0.05, 0.1) is 12.1 Å². The van der Waals surface area contributed by atoms with Crippen molar-refractivity contribution >= 4 is 0 Å². The van der Waals surface area contributed by atoms with E-state index >= 15 is 0 Å². The van der Waals surface area contributed by atoms with Gasteiger partial charge >= 0.3 is 0 Å². The summed E-state index contributed by atoms with van der Waals surface area (Å²) in [7, 11) is 0. The Kier molecular flexibility index (Phi) is 4.87. The monoisotopic (exact) mass is 364 g/mol. The Hall–Kier alpha value is -2.77. The topological polar surface area (TPSA) is 87.9 Å². The van der Waals surface area contributed by atoms with Crippen molar-refractivity contribution in [2.24, 2.45) is 5.92 Å². The zero-order valence-electron chi connectivity index (χ0n) is 15.5. The third kappa shape index (κ3) is 3.70. The Labute approximate surface area is 158 Å². The van der Waals surface area contributed by atoms with E-state index in [0.29, 0.717) is 11.7 Å². The number of para-hydroxylation sites is 1. The molecule has 1 fully saturated rings. The van der Waals surface area contributed by atoms with Crippen LogP contribution in [0.25, 0.3) is 5.82 Å².